The van der Waals surface area contributed by atoms with Crippen LogP contribution in [0.2, 0.25) is 0 Å². The first kappa shape index (κ1) is 15.6. The van der Waals surface area contributed by atoms with E-state index < -0.39 is 0 Å². The number of aromatic nitrogens is 2. The number of nitrogens with zero attached hydrogens (tertiary/aromatic N) is 4. The third-order valence-corrected chi connectivity index (χ3v) is 4.92. The molecule has 0 N–H and O–H groups in total. The molecule has 5 nitrogen and oxygen atoms in total. The van der Waals surface area contributed by atoms with Gasteiger partial charge in [-0.25, -0.2) is 4.98 Å². The molecule has 0 bridgehead atoms. The van der Waals surface area contributed by atoms with E-state index in [0.29, 0.717) is 5.56 Å². The minimum Gasteiger partial charge on any atom is -0.336 e. The zero-order chi connectivity index (χ0) is 15.5. The maximum atomic E-state index is 12.5. The Morgan fingerprint density at radius 1 is 1.32 bits per heavy atom. The van der Waals surface area contributed by atoms with Gasteiger partial charge in [-0.1, -0.05) is 0 Å². The number of halogens is 1. The van der Waals surface area contributed by atoms with Crippen LogP contribution in [-0.4, -0.2) is 51.9 Å². The van der Waals surface area contributed by atoms with Crippen LogP contribution in [0, 0.1) is 6.92 Å². The highest BCUT2D eigenvalue weighted by Crippen LogP contribution is 2.15. The first-order chi connectivity index (χ1) is 10.6. The summed E-state index contributed by atoms with van der Waals surface area (Å²) in [6, 6.07) is 1.82. The Kier molecular flexibility index (Phi) is 4.85. The predicted molar refractivity (Wildman–Crippen MR) is 90.0 cm³/mol. The van der Waals surface area contributed by atoms with Crippen LogP contribution in [-0.2, 0) is 6.54 Å². The molecule has 0 atom stereocenters. The fraction of sp³-hybridized carbons (Fsp3) is 0.400. The molecule has 3 rings (SSSR count). The summed E-state index contributed by atoms with van der Waals surface area (Å²) in [6.45, 7) is 6.14. The lowest BCUT2D eigenvalue weighted by molar-refractivity contribution is 0.0627. The lowest BCUT2D eigenvalue weighted by atomic mass is 10.2. The molecule has 0 radical (unpaired) electrons. The van der Waals surface area contributed by atoms with Crippen molar-refractivity contribution in [2.75, 3.05) is 26.2 Å². The zero-order valence-corrected chi connectivity index (χ0v) is 14.7. The van der Waals surface area contributed by atoms with Crippen LogP contribution in [0.1, 0.15) is 21.1 Å². The summed E-state index contributed by atoms with van der Waals surface area (Å²) in [6.07, 6.45) is 3.31. The van der Waals surface area contributed by atoms with Gasteiger partial charge in [0.05, 0.1) is 16.3 Å². The number of piperazine rings is 1. The van der Waals surface area contributed by atoms with Crippen molar-refractivity contribution in [2.45, 2.75) is 13.5 Å². The molecule has 0 saturated carbocycles. The number of rotatable bonds is 3. The Labute approximate surface area is 142 Å². The van der Waals surface area contributed by atoms with Crippen molar-refractivity contribution in [3.05, 3.63) is 44.6 Å². The van der Waals surface area contributed by atoms with Crippen LogP contribution in [0.3, 0.4) is 0 Å². The summed E-state index contributed by atoms with van der Waals surface area (Å²) in [7, 11) is 0. The van der Waals surface area contributed by atoms with Crippen LogP contribution in [0.5, 0.6) is 0 Å². The first-order valence-corrected chi connectivity index (χ1v) is 8.82. The molecular weight excluding hydrogens is 364 g/mol. The van der Waals surface area contributed by atoms with Gasteiger partial charge in [-0.15, -0.1) is 11.3 Å². The van der Waals surface area contributed by atoms with Crippen molar-refractivity contribution in [3.63, 3.8) is 0 Å². The van der Waals surface area contributed by atoms with E-state index in [0.717, 1.165) is 47.9 Å². The summed E-state index contributed by atoms with van der Waals surface area (Å²) in [5.74, 6) is 0.0537. The largest absolute Gasteiger partial charge is 0.336 e. The topological polar surface area (TPSA) is 49.3 Å². The van der Waals surface area contributed by atoms with Crippen LogP contribution >= 0.6 is 27.3 Å². The SMILES string of the molecule is Cc1nc(CN2CCN(C(=O)c3cncc(Br)c3)CC2)cs1. The molecule has 1 amide bonds. The molecule has 1 aliphatic heterocycles. The minimum absolute atomic E-state index is 0.0537. The van der Waals surface area contributed by atoms with Crippen molar-refractivity contribution in [1.82, 2.24) is 19.8 Å². The second kappa shape index (κ2) is 6.85. The van der Waals surface area contributed by atoms with Crippen LogP contribution in [0.15, 0.2) is 28.3 Å². The van der Waals surface area contributed by atoms with E-state index in [1.807, 2.05) is 17.9 Å². The molecule has 1 saturated heterocycles. The summed E-state index contributed by atoms with van der Waals surface area (Å²) < 4.78 is 0.830. The number of pyridine rings is 1. The Morgan fingerprint density at radius 2 is 2.09 bits per heavy atom. The van der Waals surface area contributed by atoms with Crippen molar-refractivity contribution in [3.8, 4) is 0 Å². The smallest absolute Gasteiger partial charge is 0.255 e. The molecule has 2 aromatic rings. The molecule has 0 spiro atoms. The number of amides is 1. The fourth-order valence-corrected chi connectivity index (χ4v) is 3.50. The molecule has 1 aliphatic rings. The van der Waals surface area contributed by atoms with Gasteiger partial charge in [-0.3, -0.25) is 14.7 Å². The van der Waals surface area contributed by atoms with E-state index in [1.54, 1.807) is 23.7 Å². The van der Waals surface area contributed by atoms with E-state index >= 15 is 0 Å². The van der Waals surface area contributed by atoms with E-state index in [9.17, 15) is 4.79 Å². The Hall–Kier alpha value is -1.31. The third kappa shape index (κ3) is 3.71. The average Bonchev–Trinajstić information content (AvgIpc) is 2.92. The lowest BCUT2D eigenvalue weighted by Crippen LogP contribution is -2.48. The molecule has 0 aliphatic carbocycles. The standard InChI is InChI=1S/C15H17BrN4OS/c1-11-18-14(10-22-11)9-19-2-4-20(5-3-19)15(21)12-6-13(16)8-17-7-12/h6-8,10H,2-5,9H2,1H3. The fourth-order valence-electron chi connectivity index (χ4n) is 2.53. The molecule has 2 aromatic heterocycles. The van der Waals surface area contributed by atoms with Gasteiger partial charge in [0.15, 0.2) is 0 Å². The van der Waals surface area contributed by atoms with Gasteiger partial charge < -0.3 is 4.90 Å². The molecule has 3 heterocycles. The van der Waals surface area contributed by atoms with Crippen LogP contribution in [0.4, 0.5) is 0 Å². The van der Waals surface area contributed by atoms with Gasteiger partial charge in [-0.05, 0) is 28.9 Å². The molecule has 22 heavy (non-hydrogen) atoms. The number of carbonyl (C=O) groups excluding carboxylic acids is 1. The van der Waals surface area contributed by atoms with Crippen LogP contribution in [0.25, 0.3) is 0 Å². The van der Waals surface area contributed by atoms with E-state index in [4.69, 9.17) is 0 Å². The molecule has 7 heteroatoms. The summed E-state index contributed by atoms with van der Waals surface area (Å²) >= 11 is 5.04. The van der Waals surface area contributed by atoms with Gasteiger partial charge >= 0.3 is 0 Å². The van der Waals surface area contributed by atoms with Crippen molar-refractivity contribution >= 4 is 33.2 Å². The first-order valence-electron chi connectivity index (χ1n) is 7.15. The van der Waals surface area contributed by atoms with E-state index in [1.165, 1.54) is 0 Å². The summed E-state index contributed by atoms with van der Waals surface area (Å²) in [5.41, 5.74) is 1.76. The maximum Gasteiger partial charge on any atom is 0.255 e. The maximum absolute atomic E-state index is 12.5. The minimum atomic E-state index is 0.0537. The van der Waals surface area contributed by atoms with Crippen molar-refractivity contribution in [2.24, 2.45) is 0 Å². The van der Waals surface area contributed by atoms with Gasteiger partial charge in [0.1, 0.15) is 0 Å². The number of carbonyl (C=O) groups is 1. The Balaban J connectivity index is 1.56. The highest BCUT2D eigenvalue weighted by atomic mass is 79.9. The molecular formula is C15H17BrN4OS. The van der Waals surface area contributed by atoms with Crippen molar-refractivity contribution in [1.29, 1.82) is 0 Å². The zero-order valence-electron chi connectivity index (χ0n) is 12.3. The van der Waals surface area contributed by atoms with Gasteiger partial charge in [-0.2, -0.15) is 0 Å². The Bertz CT molecular complexity index is 667. The average molecular weight is 381 g/mol. The number of thiazole rings is 1. The normalized spacial score (nSPS) is 16.0. The van der Waals surface area contributed by atoms with Crippen molar-refractivity contribution < 1.29 is 4.79 Å². The molecule has 0 aromatic carbocycles. The van der Waals surface area contributed by atoms with E-state index in [-0.39, 0.29) is 5.91 Å². The lowest BCUT2D eigenvalue weighted by Gasteiger charge is -2.34. The van der Waals surface area contributed by atoms with Crippen LogP contribution < -0.4 is 0 Å². The molecule has 116 valence electrons. The third-order valence-electron chi connectivity index (χ3n) is 3.66. The monoisotopic (exact) mass is 380 g/mol. The quantitative estimate of drug-likeness (QED) is 0.820. The number of aryl methyl sites for hydroxylation is 1. The number of hydrogen-bond acceptors (Lipinski definition) is 5. The number of hydrogen-bond donors (Lipinski definition) is 0. The Morgan fingerprint density at radius 3 is 2.73 bits per heavy atom. The van der Waals surface area contributed by atoms with Gasteiger partial charge in [0.25, 0.3) is 5.91 Å². The van der Waals surface area contributed by atoms with Gasteiger partial charge in [0, 0.05) is 55.0 Å². The highest BCUT2D eigenvalue weighted by molar-refractivity contribution is 9.10. The molecule has 1 fully saturated rings. The molecule has 0 unspecified atom stereocenters. The second-order valence-corrected chi connectivity index (χ2v) is 7.30. The summed E-state index contributed by atoms with van der Waals surface area (Å²) in [5, 5.41) is 3.21. The predicted octanol–water partition coefficient (Wildman–Crippen LogP) is 2.57. The van der Waals surface area contributed by atoms with E-state index in [2.05, 4.69) is 36.2 Å². The summed E-state index contributed by atoms with van der Waals surface area (Å²) in [4.78, 5) is 25.3. The second-order valence-electron chi connectivity index (χ2n) is 5.32. The van der Waals surface area contributed by atoms with Gasteiger partial charge in [0.2, 0.25) is 0 Å². The highest BCUT2D eigenvalue weighted by Gasteiger charge is 2.22.